The van der Waals surface area contributed by atoms with Gasteiger partial charge in [0, 0.05) is 4.91 Å². The minimum absolute atomic E-state index is 0.659. The van der Waals surface area contributed by atoms with E-state index in [1.165, 1.54) is 0 Å². The predicted octanol–water partition coefficient (Wildman–Crippen LogP) is -2.62. The number of aliphatic hydroxyl groups is 4. The standard InChI is InChI=1S/C6H12N4O5/c7-5-4(13)3(12)2(1-11)15-6(5,14)9-10-8/h2-5,11-14H,1,7H2/t2-,3+,4+,5-,6?/m1/s1. The van der Waals surface area contributed by atoms with Gasteiger partial charge in [0.2, 0.25) is 0 Å². The van der Waals surface area contributed by atoms with Crippen molar-refractivity contribution in [2.24, 2.45) is 10.8 Å². The zero-order chi connectivity index (χ0) is 11.6. The minimum Gasteiger partial charge on any atom is -0.394 e. The second-order valence-corrected chi connectivity index (χ2v) is 3.19. The van der Waals surface area contributed by atoms with Crippen molar-refractivity contribution >= 4 is 0 Å². The molecule has 9 nitrogen and oxygen atoms in total. The monoisotopic (exact) mass is 220 g/mol. The van der Waals surface area contributed by atoms with Gasteiger partial charge in [-0.3, -0.25) is 0 Å². The predicted molar refractivity (Wildman–Crippen MR) is 46.0 cm³/mol. The fraction of sp³-hybridized carbons (Fsp3) is 1.00. The largest absolute Gasteiger partial charge is 0.394 e. The Hall–Kier alpha value is -0.930. The maximum Gasteiger partial charge on any atom is 0.265 e. The van der Waals surface area contributed by atoms with Crippen molar-refractivity contribution in [1.29, 1.82) is 0 Å². The third kappa shape index (κ3) is 2.03. The van der Waals surface area contributed by atoms with Crippen molar-refractivity contribution < 1.29 is 25.2 Å². The molecule has 0 aromatic heterocycles. The van der Waals surface area contributed by atoms with E-state index in [1.807, 2.05) is 0 Å². The molecule has 0 radical (unpaired) electrons. The van der Waals surface area contributed by atoms with Gasteiger partial charge in [0.15, 0.2) is 0 Å². The van der Waals surface area contributed by atoms with Gasteiger partial charge in [0.1, 0.15) is 18.3 Å². The molecular weight excluding hydrogens is 208 g/mol. The zero-order valence-electron chi connectivity index (χ0n) is 7.63. The summed E-state index contributed by atoms with van der Waals surface area (Å²) in [6, 6.07) is -1.49. The Bertz CT molecular complexity index is 281. The molecule has 0 aliphatic carbocycles. The molecule has 1 aliphatic rings. The van der Waals surface area contributed by atoms with Crippen molar-refractivity contribution in [3.63, 3.8) is 0 Å². The van der Waals surface area contributed by atoms with Crippen LogP contribution in [0.2, 0.25) is 0 Å². The van der Waals surface area contributed by atoms with E-state index in [0.29, 0.717) is 0 Å². The molecular formula is C6H12N4O5. The van der Waals surface area contributed by atoms with Crippen LogP contribution < -0.4 is 5.73 Å². The fourth-order valence-electron chi connectivity index (χ4n) is 1.33. The second-order valence-electron chi connectivity index (χ2n) is 3.19. The maximum atomic E-state index is 9.58. The molecule has 0 aromatic rings. The van der Waals surface area contributed by atoms with E-state index in [0.717, 1.165) is 0 Å². The van der Waals surface area contributed by atoms with Crippen molar-refractivity contribution in [1.82, 2.24) is 0 Å². The summed E-state index contributed by atoms with van der Waals surface area (Å²) in [5, 5.41) is 40.0. The normalized spacial score (nSPS) is 45.9. The molecule has 15 heavy (non-hydrogen) atoms. The fourth-order valence-corrected chi connectivity index (χ4v) is 1.33. The molecule has 1 rings (SSSR count). The minimum atomic E-state index is -2.47. The maximum absolute atomic E-state index is 9.58. The molecule has 5 atom stereocenters. The molecule has 0 saturated carbocycles. The summed E-state index contributed by atoms with van der Waals surface area (Å²) in [4.78, 5) is 2.31. The summed E-state index contributed by atoms with van der Waals surface area (Å²) in [7, 11) is 0. The lowest BCUT2D eigenvalue weighted by Crippen LogP contribution is -2.67. The first-order chi connectivity index (χ1) is 6.96. The van der Waals surface area contributed by atoms with E-state index in [-0.39, 0.29) is 0 Å². The van der Waals surface area contributed by atoms with Crippen molar-refractivity contribution in [2.75, 3.05) is 6.61 Å². The smallest absolute Gasteiger partial charge is 0.265 e. The van der Waals surface area contributed by atoms with E-state index in [4.69, 9.17) is 21.1 Å². The van der Waals surface area contributed by atoms with Gasteiger partial charge in [0.25, 0.3) is 5.91 Å². The third-order valence-corrected chi connectivity index (χ3v) is 2.23. The van der Waals surface area contributed by atoms with Gasteiger partial charge < -0.3 is 30.9 Å². The number of azide groups is 1. The number of ether oxygens (including phenoxy) is 1. The Morgan fingerprint density at radius 2 is 2.07 bits per heavy atom. The number of hydrogen-bond donors (Lipinski definition) is 5. The van der Waals surface area contributed by atoms with E-state index in [2.05, 4.69) is 10.0 Å². The highest BCUT2D eigenvalue weighted by Gasteiger charge is 2.51. The number of nitrogens with two attached hydrogens (primary N) is 1. The van der Waals surface area contributed by atoms with Crippen LogP contribution in [-0.4, -0.2) is 57.3 Å². The lowest BCUT2D eigenvalue weighted by atomic mass is 9.95. The Kier molecular flexibility index (Phi) is 3.47. The van der Waals surface area contributed by atoms with E-state index < -0.39 is 36.9 Å². The van der Waals surface area contributed by atoms with Gasteiger partial charge >= 0.3 is 0 Å². The van der Waals surface area contributed by atoms with Crippen LogP contribution in [-0.2, 0) is 4.74 Å². The summed E-state index contributed by atoms with van der Waals surface area (Å²) >= 11 is 0. The van der Waals surface area contributed by atoms with Gasteiger partial charge in [-0.15, -0.1) is 0 Å². The molecule has 0 aromatic carbocycles. The summed E-state index contributed by atoms with van der Waals surface area (Å²) in [6.45, 7) is -0.659. The van der Waals surface area contributed by atoms with Crippen molar-refractivity contribution in [3.05, 3.63) is 10.4 Å². The molecule has 86 valence electrons. The zero-order valence-corrected chi connectivity index (χ0v) is 7.63. The SMILES string of the molecule is [N-]=[N+]=NC1(O)O[C@H](CO)[C@H](O)[C@H](O)[C@H]1N. The van der Waals surface area contributed by atoms with Crippen LogP contribution >= 0.6 is 0 Å². The Balaban J connectivity index is 2.97. The van der Waals surface area contributed by atoms with Crippen LogP contribution in [0.3, 0.4) is 0 Å². The lowest BCUT2D eigenvalue weighted by molar-refractivity contribution is -0.310. The summed E-state index contributed by atoms with van der Waals surface area (Å²) < 4.78 is 4.71. The topological polar surface area (TPSA) is 165 Å². The molecule has 1 saturated heterocycles. The van der Waals surface area contributed by atoms with E-state index >= 15 is 0 Å². The summed E-state index contributed by atoms with van der Waals surface area (Å²) in [5.41, 5.74) is 13.5. The van der Waals surface area contributed by atoms with Gasteiger partial charge in [-0.25, -0.2) is 0 Å². The number of hydrogen-bond acceptors (Lipinski definition) is 7. The lowest BCUT2D eigenvalue weighted by Gasteiger charge is -2.43. The first-order valence-electron chi connectivity index (χ1n) is 4.15. The summed E-state index contributed by atoms with van der Waals surface area (Å²) in [6.07, 6.45) is -4.29. The van der Waals surface area contributed by atoms with Crippen molar-refractivity contribution in [2.45, 2.75) is 30.3 Å². The highest BCUT2D eigenvalue weighted by Crippen LogP contribution is 2.27. The van der Waals surface area contributed by atoms with Crippen molar-refractivity contribution in [3.8, 4) is 0 Å². The average molecular weight is 220 g/mol. The van der Waals surface area contributed by atoms with Crippen LogP contribution in [0.15, 0.2) is 5.11 Å². The first-order valence-corrected chi connectivity index (χ1v) is 4.15. The Labute approximate surface area is 84.3 Å². The molecule has 1 aliphatic heterocycles. The van der Waals surface area contributed by atoms with E-state index in [9.17, 15) is 15.3 Å². The molecule has 1 unspecified atom stereocenters. The average Bonchev–Trinajstić information content (AvgIpc) is 2.21. The van der Waals surface area contributed by atoms with Crippen LogP contribution in [0.5, 0.6) is 0 Å². The molecule has 0 bridgehead atoms. The second kappa shape index (κ2) is 4.29. The molecule has 0 amide bonds. The number of rotatable bonds is 2. The van der Waals surface area contributed by atoms with Gasteiger partial charge in [-0.05, 0) is 10.6 Å². The van der Waals surface area contributed by atoms with E-state index in [1.54, 1.807) is 0 Å². The summed E-state index contributed by atoms with van der Waals surface area (Å²) in [5.74, 6) is -2.47. The first kappa shape index (κ1) is 12.1. The quantitative estimate of drug-likeness (QED) is 0.194. The number of aliphatic hydroxyl groups excluding tert-OH is 3. The Morgan fingerprint density at radius 3 is 2.53 bits per heavy atom. The van der Waals surface area contributed by atoms with Crippen LogP contribution in [0, 0.1) is 0 Å². The van der Waals surface area contributed by atoms with Crippen LogP contribution in [0.4, 0.5) is 0 Å². The third-order valence-electron chi connectivity index (χ3n) is 2.23. The van der Waals surface area contributed by atoms with Gasteiger partial charge in [-0.2, -0.15) is 0 Å². The molecule has 1 heterocycles. The molecule has 9 heteroatoms. The molecule has 6 N–H and O–H groups in total. The van der Waals surface area contributed by atoms with Gasteiger partial charge in [0.05, 0.1) is 12.6 Å². The highest BCUT2D eigenvalue weighted by molar-refractivity contribution is 4.97. The van der Waals surface area contributed by atoms with Crippen LogP contribution in [0.1, 0.15) is 0 Å². The molecule has 0 spiro atoms. The van der Waals surface area contributed by atoms with Gasteiger partial charge in [-0.1, -0.05) is 0 Å². The highest BCUT2D eigenvalue weighted by atomic mass is 16.7. The molecule has 1 fully saturated rings. The number of nitrogens with zero attached hydrogens (tertiary/aromatic N) is 3. The van der Waals surface area contributed by atoms with Crippen LogP contribution in [0.25, 0.3) is 10.4 Å². The Morgan fingerprint density at radius 1 is 1.47 bits per heavy atom.